The quantitative estimate of drug-likeness (QED) is 0.711. The van der Waals surface area contributed by atoms with Crippen molar-refractivity contribution in [3.05, 3.63) is 47.0 Å². The number of rotatable bonds is 5. The van der Waals surface area contributed by atoms with Gasteiger partial charge in [0.25, 0.3) is 0 Å². The molecular formula is C20H21ClN2O4S2. The zero-order valence-corrected chi connectivity index (χ0v) is 18.5. The standard InChI is InChI=1S/C20H21ClN2O4S2/c1-11-4-6-16(15(21)8-11)22-19(24)12(2)10-29(26,27)14-5-7-18-17(9-14)23-20(25)13(3)28-18/h4-9,12-13H,10H2,1-3H3,(H,22,24)(H,23,25)/t12-,13+/m0/s1. The fourth-order valence-electron chi connectivity index (χ4n) is 2.86. The molecule has 0 aliphatic carbocycles. The van der Waals surface area contributed by atoms with Gasteiger partial charge < -0.3 is 10.6 Å². The van der Waals surface area contributed by atoms with Crippen LogP contribution in [0.1, 0.15) is 19.4 Å². The molecule has 154 valence electrons. The number of sulfone groups is 1. The van der Waals surface area contributed by atoms with Gasteiger partial charge >= 0.3 is 0 Å². The van der Waals surface area contributed by atoms with E-state index in [9.17, 15) is 18.0 Å². The van der Waals surface area contributed by atoms with Crippen LogP contribution in [0, 0.1) is 12.8 Å². The van der Waals surface area contributed by atoms with Crippen molar-refractivity contribution in [3.63, 3.8) is 0 Å². The fraction of sp³-hybridized carbons (Fsp3) is 0.300. The van der Waals surface area contributed by atoms with Crippen LogP contribution < -0.4 is 10.6 Å². The molecule has 0 fully saturated rings. The first kappa shape index (κ1) is 21.7. The second-order valence-corrected chi connectivity index (χ2v) is 10.9. The summed E-state index contributed by atoms with van der Waals surface area (Å²) in [5.41, 5.74) is 1.87. The smallest absolute Gasteiger partial charge is 0.237 e. The van der Waals surface area contributed by atoms with Crippen molar-refractivity contribution >= 4 is 56.4 Å². The van der Waals surface area contributed by atoms with Crippen molar-refractivity contribution < 1.29 is 18.0 Å². The molecule has 1 aliphatic heterocycles. The number of benzene rings is 2. The molecule has 2 N–H and O–H groups in total. The molecule has 0 unspecified atom stereocenters. The van der Waals surface area contributed by atoms with E-state index in [0.717, 1.165) is 10.5 Å². The average Bonchev–Trinajstić information content (AvgIpc) is 2.64. The van der Waals surface area contributed by atoms with E-state index >= 15 is 0 Å². The van der Waals surface area contributed by atoms with Crippen molar-refractivity contribution in [1.82, 2.24) is 0 Å². The minimum atomic E-state index is -3.73. The molecule has 2 aromatic carbocycles. The van der Waals surface area contributed by atoms with Crippen LogP contribution in [0.5, 0.6) is 0 Å². The zero-order chi connectivity index (χ0) is 21.3. The monoisotopic (exact) mass is 452 g/mol. The lowest BCUT2D eigenvalue weighted by atomic mass is 10.2. The summed E-state index contributed by atoms with van der Waals surface area (Å²) in [6, 6.07) is 9.85. The number of carbonyl (C=O) groups is 2. The molecule has 3 rings (SSSR count). The van der Waals surface area contributed by atoms with Gasteiger partial charge in [-0.15, -0.1) is 11.8 Å². The normalized spacial score (nSPS) is 17.2. The number of anilines is 2. The number of carbonyl (C=O) groups excluding carboxylic acids is 2. The summed E-state index contributed by atoms with van der Waals surface area (Å²) < 4.78 is 25.6. The first-order chi connectivity index (χ1) is 13.6. The summed E-state index contributed by atoms with van der Waals surface area (Å²) in [6.45, 7) is 5.22. The number of halogens is 1. The Bertz CT molecular complexity index is 1090. The predicted octanol–water partition coefficient (Wildman–Crippen LogP) is 4.13. The zero-order valence-electron chi connectivity index (χ0n) is 16.2. The molecule has 2 atom stereocenters. The Morgan fingerprint density at radius 3 is 2.69 bits per heavy atom. The molecule has 0 saturated carbocycles. The third kappa shape index (κ3) is 4.94. The van der Waals surface area contributed by atoms with Crippen LogP contribution >= 0.6 is 23.4 Å². The van der Waals surface area contributed by atoms with Gasteiger partial charge in [-0.2, -0.15) is 0 Å². The van der Waals surface area contributed by atoms with E-state index in [1.165, 1.54) is 23.9 Å². The Kier molecular flexibility index (Phi) is 6.26. The van der Waals surface area contributed by atoms with Gasteiger partial charge in [0.1, 0.15) is 0 Å². The van der Waals surface area contributed by atoms with E-state index in [1.54, 1.807) is 32.0 Å². The predicted molar refractivity (Wildman–Crippen MR) is 116 cm³/mol. The Labute approximate surface area is 179 Å². The fourth-order valence-corrected chi connectivity index (χ4v) is 5.65. The van der Waals surface area contributed by atoms with Crippen molar-refractivity contribution in [3.8, 4) is 0 Å². The molecule has 9 heteroatoms. The van der Waals surface area contributed by atoms with Gasteiger partial charge in [0.15, 0.2) is 9.84 Å². The SMILES string of the molecule is Cc1ccc(NC(=O)[C@@H](C)CS(=O)(=O)c2ccc3c(c2)NC(=O)[C@@H](C)S3)c(Cl)c1. The number of amides is 2. The highest BCUT2D eigenvalue weighted by molar-refractivity contribution is 8.01. The van der Waals surface area contributed by atoms with Crippen molar-refractivity contribution in [1.29, 1.82) is 0 Å². The molecular weight excluding hydrogens is 432 g/mol. The molecule has 2 amide bonds. The maximum absolute atomic E-state index is 12.8. The average molecular weight is 453 g/mol. The lowest BCUT2D eigenvalue weighted by Gasteiger charge is -2.22. The van der Waals surface area contributed by atoms with E-state index in [-0.39, 0.29) is 21.8 Å². The highest BCUT2D eigenvalue weighted by atomic mass is 35.5. The molecule has 2 aromatic rings. The maximum atomic E-state index is 12.8. The van der Waals surface area contributed by atoms with Gasteiger partial charge in [-0.05, 0) is 49.7 Å². The Morgan fingerprint density at radius 1 is 1.28 bits per heavy atom. The highest BCUT2D eigenvalue weighted by Crippen LogP contribution is 2.37. The Balaban J connectivity index is 1.74. The second-order valence-electron chi connectivity index (χ2n) is 7.06. The summed E-state index contributed by atoms with van der Waals surface area (Å²) in [4.78, 5) is 25.2. The molecule has 1 aliphatic rings. The Hall–Kier alpha value is -2.03. The van der Waals surface area contributed by atoms with Crippen LogP contribution in [0.15, 0.2) is 46.2 Å². The first-order valence-electron chi connectivity index (χ1n) is 8.98. The third-order valence-electron chi connectivity index (χ3n) is 4.54. The van der Waals surface area contributed by atoms with Crippen LogP contribution in [0.3, 0.4) is 0 Å². The molecule has 0 saturated heterocycles. The van der Waals surface area contributed by atoms with Crippen LogP contribution in [0.25, 0.3) is 0 Å². The van der Waals surface area contributed by atoms with Gasteiger partial charge in [0.2, 0.25) is 11.8 Å². The van der Waals surface area contributed by atoms with Crippen molar-refractivity contribution in [2.24, 2.45) is 5.92 Å². The summed E-state index contributed by atoms with van der Waals surface area (Å²) in [5.74, 6) is -1.76. The molecule has 29 heavy (non-hydrogen) atoms. The van der Waals surface area contributed by atoms with Crippen LogP contribution in [-0.2, 0) is 19.4 Å². The van der Waals surface area contributed by atoms with Gasteiger partial charge in [-0.1, -0.05) is 24.6 Å². The van der Waals surface area contributed by atoms with E-state index in [2.05, 4.69) is 10.6 Å². The molecule has 0 radical (unpaired) electrons. The minimum Gasteiger partial charge on any atom is -0.325 e. The minimum absolute atomic E-state index is 0.0692. The topological polar surface area (TPSA) is 92.3 Å². The number of fused-ring (bicyclic) bond motifs is 1. The van der Waals surface area contributed by atoms with Gasteiger partial charge in [-0.3, -0.25) is 9.59 Å². The lowest BCUT2D eigenvalue weighted by Crippen LogP contribution is -2.28. The summed E-state index contributed by atoms with van der Waals surface area (Å²) in [7, 11) is -3.73. The van der Waals surface area contributed by atoms with E-state index in [4.69, 9.17) is 11.6 Å². The molecule has 0 aromatic heterocycles. The van der Waals surface area contributed by atoms with Gasteiger partial charge in [-0.25, -0.2) is 8.42 Å². The summed E-state index contributed by atoms with van der Waals surface area (Å²) >= 11 is 7.51. The number of aryl methyl sites for hydroxylation is 1. The lowest BCUT2D eigenvalue weighted by molar-refractivity contribution is -0.119. The molecule has 0 bridgehead atoms. The molecule has 0 spiro atoms. The Morgan fingerprint density at radius 2 is 2.00 bits per heavy atom. The third-order valence-corrected chi connectivity index (χ3v) is 7.94. The number of nitrogens with one attached hydrogen (secondary N) is 2. The van der Waals surface area contributed by atoms with Crippen molar-refractivity contribution in [2.75, 3.05) is 16.4 Å². The highest BCUT2D eigenvalue weighted by Gasteiger charge is 2.27. The van der Waals surface area contributed by atoms with Crippen LogP contribution in [0.2, 0.25) is 5.02 Å². The van der Waals surface area contributed by atoms with Crippen LogP contribution in [-0.4, -0.2) is 31.2 Å². The summed E-state index contributed by atoms with van der Waals surface area (Å²) in [5, 5.41) is 5.56. The van der Waals surface area contributed by atoms with E-state index in [0.29, 0.717) is 16.4 Å². The second kappa shape index (κ2) is 8.38. The number of hydrogen-bond acceptors (Lipinski definition) is 5. The maximum Gasteiger partial charge on any atom is 0.237 e. The van der Waals surface area contributed by atoms with E-state index < -0.39 is 21.7 Å². The van der Waals surface area contributed by atoms with Crippen LogP contribution in [0.4, 0.5) is 11.4 Å². The van der Waals surface area contributed by atoms with Crippen molar-refractivity contribution in [2.45, 2.75) is 35.8 Å². The van der Waals surface area contributed by atoms with Gasteiger partial charge in [0.05, 0.1) is 32.3 Å². The number of hydrogen-bond donors (Lipinski definition) is 2. The van der Waals surface area contributed by atoms with Gasteiger partial charge in [0, 0.05) is 10.8 Å². The molecule has 6 nitrogen and oxygen atoms in total. The van der Waals surface area contributed by atoms with E-state index in [1.807, 2.05) is 13.0 Å². The first-order valence-corrected chi connectivity index (χ1v) is 11.9. The largest absolute Gasteiger partial charge is 0.325 e. The number of thioether (sulfide) groups is 1. The molecule has 1 heterocycles. The summed E-state index contributed by atoms with van der Waals surface area (Å²) in [6.07, 6.45) is 0.